The molecule has 4 rings (SSSR count). The molecule has 5 heteroatoms. The highest BCUT2D eigenvalue weighted by Gasteiger charge is 2.42. The van der Waals surface area contributed by atoms with E-state index in [0.717, 1.165) is 5.39 Å². The third-order valence-corrected chi connectivity index (χ3v) is 4.64. The highest BCUT2D eigenvalue weighted by Crippen LogP contribution is 2.44. The molecule has 0 saturated heterocycles. The fraction of sp³-hybridized carbons (Fsp3) is 0.471. The number of carbonyl (C=O) groups excluding carboxylic acids is 1. The van der Waals surface area contributed by atoms with E-state index in [4.69, 9.17) is 0 Å². The predicted octanol–water partition coefficient (Wildman–Crippen LogP) is 1.70. The van der Waals surface area contributed by atoms with Crippen LogP contribution in [-0.2, 0) is 11.3 Å². The monoisotopic (exact) mass is 297 g/mol. The standard InChI is InChI=1S/C17H19N3O2/c21-15(19-16(11-5-6-11)12-7-8-12)10-20-17(22)14-4-2-1-3-13(14)9-18-20/h1-4,9,11-12,16H,5-8,10H2,(H,19,21). The molecule has 0 bridgehead atoms. The molecule has 0 radical (unpaired) electrons. The van der Waals surface area contributed by atoms with Crippen molar-refractivity contribution in [2.45, 2.75) is 38.3 Å². The lowest BCUT2D eigenvalue weighted by Crippen LogP contribution is -2.41. The van der Waals surface area contributed by atoms with E-state index in [2.05, 4.69) is 10.4 Å². The second-order valence-corrected chi connectivity index (χ2v) is 6.46. The Balaban J connectivity index is 1.51. The van der Waals surface area contributed by atoms with Gasteiger partial charge in [-0.05, 0) is 43.6 Å². The first-order valence-electron chi connectivity index (χ1n) is 7.96. The summed E-state index contributed by atoms with van der Waals surface area (Å²) in [6, 6.07) is 7.62. The number of aromatic nitrogens is 2. The van der Waals surface area contributed by atoms with E-state index in [9.17, 15) is 9.59 Å². The highest BCUT2D eigenvalue weighted by atomic mass is 16.2. The van der Waals surface area contributed by atoms with Gasteiger partial charge in [0.25, 0.3) is 5.56 Å². The molecule has 0 atom stereocenters. The molecule has 2 aliphatic rings. The summed E-state index contributed by atoms with van der Waals surface area (Å²) >= 11 is 0. The molecule has 0 unspecified atom stereocenters. The number of amides is 1. The van der Waals surface area contributed by atoms with Gasteiger partial charge < -0.3 is 5.32 Å². The summed E-state index contributed by atoms with van der Waals surface area (Å²) in [4.78, 5) is 24.6. The molecule has 0 spiro atoms. The van der Waals surface area contributed by atoms with Gasteiger partial charge in [-0.25, -0.2) is 4.68 Å². The number of fused-ring (bicyclic) bond motifs is 1. The second-order valence-electron chi connectivity index (χ2n) is 6.46. The molecule has 5 nitrogen and oxygen atoms in total. The maximum absolute atomic E-state index is 12.4. The van der Waals surface area contributed by atoms with Crippen molar-refractivity contribution in [1.82, 2.24) is 15.1 Å². The van der Waals surface area contributed by atoms with Crippen LogP contribution in [0.25, 0.3) is 10.8 Å². The van der Waals surface area contributed by atoms with Crippen LogP contribution in [0, 0.1) is 11.8 Å². The van der Waals surface area contributed by atoms with Crippen LogP contribution in [0.2, 0.25) is 0 Å². The number of nitrogens with one attached hydrogen (secondary N) is 1. The molecule has 1 aromatic carbocycles. The minimum absolute atomic E-state index is 0.000389. The Morgan fingerprint density at radius 1 is 1.23 bits per heavy atom. The molecule has 22 heavy (non-hydrogen) atoms. The lowest BCUT2D eigenvalue weighted by Gasteiger charge is -2.17. The van der Waals surface area contributed by atoms with Gasteiger partial charge in [-0.15, -0.1) is 0 Å². The molecule has 1 heterocycles. The molecule has 1 N–H and O–H groups in total. The van der Waals surface area contributed by atoms with Gasteiger partial charge in [-0.3, -0.25) is 9.59 Å². The summed E-state index contributed by atoms with van der Waals surface area (Å²) in [5.74, 6) is 1.20. The smallest absolute Gasteiger partial charge is 0.275 e. The molecule has 2 fully saturated rings. The molecule has 1 aromatic heterocycles. The maximum atomic E-state index is 12.4. The van der Waals surface area contributed by atoms with Gasteiger partial charge in [0.05, 0.1) is 11.6 Å². The van der Waals surface area contributed by atoms with Crippen LogP contribution in [0.15, 0.2) is 35.3 Å². The SMILES string of the molecule is O=C(Cn1ncc2ccccc2c1=O)NC(C1CC1)C1CC1. The summed E-state index contributed by atoms with van der Waals surface area (Å²) in [6.45, 7) is -0.000389. The summed E-state index contributed by atoms with van der Waals surface area (Å²) < 4.78 is 1.26. The fourth-order valence-corrected chi connectivity index (χ4v) is 3.14. The summed E-state index contributed by atoms with van der Waals surface area (Å²) in [5, 5.41) is 8.65. The molecule has 114 valence electrons. The molecular weight excluding hydrogens is 278 g/mol. The number of hydrogen-bond acceptors (Lipinski definition) is 3. The summed E-state index contributed by atoms with van der Waals surface area (Å²) in [6.07, 6.45) is 6.51. The fourth-order valence-electron chi connectivity index (χ4n) is 3.14. The Morgan fingerprint density at radius 2 is 1.91 bits per heavy atom. The van der Waals surface area contributed by atoms with Crippen molar-refractivity contribution in [2.24, 2.45) is 11.8 Å². The Labute approximate surface area is 128 Å². The number of hydrogen-bond donors (Lipinski definition) is 1. The number of nitrogens with zero attached hydrogens (tertiary/aromatic N) is 2. The zero-order valence-corrected chi connectivity index (χ0v) is 12.4. The Bertz CT molecular complexity index is 763. The predicted molar refractivity (Wildman–Crippen MR) is 83.4 cm³/mol. The van der Waals surface area contributed by atoms with Crippen LogP contribution in [0.4, 0.5) is 0 Å². The van der Waals surface area contributed by atoms with Crippen molar-refractivity contribution >= 4 is 16.7 Å². The van der Waals surface area contributed by atoms with Crippen molar-refractivity contribution in [3.63, 3.8) is 0 Å². The largest absolute Gasteiger partial charge is 0.351 e. The van der Waals surface area contributed by atoms with Gasteiger partial charge in [0.15, 0.2) is 0 Å². The summed E-state index contributed by atoms with van der Waals surface area (Å²) in [7, 11) is 0. The normalized spacial score (nSPS) is 17.9. The Hall–Kier alpha value is -2.17. The van der Waals surface area contributed by atoms with E-state index in [1.54, 1.807) is 12.3 Å². The second kappa shape index (κ2) is 5.23. The van der Waals surface area contributed by atoms with Crippen LogP contribution in [0.5, 0.6) is 0 Å². The van der Waals surface area contributed by atoms with Gasteiger partial charge in [0, 0.05) is 11.4 Å². The quantitative estimate of drug-likeness (QED) is 0.913. The number of benzene rings is 1. The first-order chi connectivity index (χ1) is 10.7. The van der Waals surface area contributed by atoms with Crippen molar-refractivity contribution in [3.8, 4) is 0 Å². The lowest BCUT2D eigenvalue weighted by atomic mass is 10.1. The van der Waals surface area contributed by atoms with Crippen molar-refractivity contribution in [1.29, 1.82) is 0 Å². The van der Waals surface area contributed by atoms with Crippen LogP contribution in [-0.4, -0.2) is 21.7 Å². The van der Waals surface area contributed by atoms with E-state index in [1.165, 1.54) is 30.4 Å². The first-order valence-corrected chi connectivity index (χ1v) is 7.96. The van der Waals surface area contributed by atoms with Crippen molar-refractivity contribution < 1.29 is 4.79 Å². The van der Waals surface area contributed by atoms with Gasteiger partial charge in [-0.2, -0.15) is 5.10 Å². The first kappa shape index (κ1) is 13.5. The third kappa shape index (κ3) is 2.63. The van der Waals surface area contributed by atoms with Crippen LogP contribution in [0.1, 0.15) is 25.7 Å². The Kier molecular flexibility index (Phi) is 3.21. The zero-order chi connectivity index (χ0) is 15.1. The average molecular weight is 297 g/mol. The van der Waals surface area contributed by atoms with E-state index in [1.807, 2.05) is 18.2 Å². The van der Waals surface area contributed by atoms with Crippen LogP contribution in [0.3, 0.4) is 0 Å². The molecule has 2 aliphatic carbocycles. The molecule has 0 aliphatic heterocycles. The molecular formula is C17H19N3O2. The third-order valence-electron chi connectivity index (χ3n) is 4.64. The van der Waals surface area contributed by atoms with Crippen LogP contribution < -0.4 is 10.9 Å². The summed E-state index contributed by atoms with van der Waals surface area (Å²) in [5.41, 5.74) is -0.206. The van der Waals surface area contributed by atoms with Gasteiger partial charge >= 0.3 is 0 Å². The number of carbonyl (C=O) groups is 1. The van der Waals surface area contributed by atoms with Crippen LogP contribution >= 0.6 is 0 Å². The van der Waals surface area contributed by atoms with Crippen molar-refractivity contribution in [3.05, 3.63) is 40.8 Å². The van der Waals surface area contributed by atoms with E-state index in [0.29, 0.717) is 23.3 Å². The maximum Gasteiger partial charge on any atom is 0.275 e. The lowest BCUT2D eigenvalue weighted by molar-refractivity contribution is -0.122. The minimum Gasteiger partial charge on any atom is -0.351 e. The highest BCUT2D eigenvalue weighted by molar-refractivity contribution is 5.81. The average Bonchev–Trinajstić information content (AvgIpc) is 3.40. The molecule has 2 saturated carbocycles. The topological polar surface area (TPSA) is 64.0 Å². The number of rotatable bonds is 5. The zero-order valence-electron chi connectivity index (χ0n) is 12.4. The van der Waals surface area contributed by atoms with E-state index >= 15 is 0 Å². The minimum atomic E-state index is -0.206. The van der Waals surface area contributed by atoms with E-state index < -0.39 is 0 Å². The van der Waals surface area contributed by atoms with Gasteiger partial charge in [-0.1, -0.05) is 18.2 Å². The molecule has 2 aromatic rings. The van der Waals surface area contributed by atoms with Gasteiger partial charge in [0.2, 0.25) is 5.91 Å². The van der Waals surface area contributed by atoms with Gasteiger partial charge in [0.1, 0.15) is 6.54 Å². The molecule has 1 amide bonds. The van der Waals surface area contributed by atoms with Crippen molar-refractivity contribution in [2.75, 3.05) is 0 Å². The van der Waals surface area contributed by atoms with E-state index in [-0.39, 0.29) is 18.0 Å². The Morgan fingerprint density at radius 3 is 2.59 bits per heavy atom.